The summed E-state index contributed by atoms with van der Waals surface area (Å²) in [5.41, 5.74) is 0. The predicted octanol–water partition coefficient (Wildman–Crippen LogP) is 3.63. The highest BCUT2D eigenvalue weighted by molar-refractivity contribution is 7.90. The molecule has 1 aliphatic carbocycles. The SMILES string of the molecule is CCC1C=NN(/C(=N/S(=O)(=O)c2ccccc2Cl)NC2CCCCC2)C1. The second-order valence-electron chi connectivity index (χ2n) is 6.81. The second-order valence-corrected chi connectivity index (χ2v) is 8.79. The van der Waals surface area contributed by atoms with Crippen LogP contribution in [0.2, 0.25) is 5.02 Å². The number of rotatable bonds is 4. The molecule has 26 heavy (non-hydrogen) atoms. The van der Waals surface area contributed by atoms with Gasteiger partial charge in [-0.3, -0.25) is 0 Å². The third-order valence-corrected chi connectivity index (χ3v) is 6.62. The van der Waals surface area contributed by atoms with Gasteiger partial charge in [-0.1, -0.05) is 49.9 Å². The lowest BCUT2D eigenvalue weighted by Gasteiger charge is -2.27. The Morgan fingerprint density at radius 1 is 1.31 bits per heavy atom. The molecule has 1 aliphatic heterocycles. The summed E-state index contributed by atoms with van der Waals surface area (Å²) in [5.74, 6) is 0.598. The number of hydrogen-bond donors (Lipinski definition) is 1. The van der Waals surface area contributed by atoms with E-state index in [1.54, 1.807) is 23.2 Å². The van der Waals surface area contributed by atoms with Crippen LogP contribution >= 0.6 is 11.6 Å². The number of benzene rings is 1. The van der Waals surface area contributed by atoms with E-state index in [9.17, 15) is 8.42 Å². The molecule has 1 aromatic carbocycles. The average molecular weight is 397 g/mol. The molecule has 2 aliphatic rings. The third kappa shape index (κ3) is 4.57. The van der Waals surface area contributed by atoms with Gasteiger partial charge in [-0.05, 0) is 31.4 Å². The van der Waals surface area contributed by atoms with Crippen molar-refractivity contribution in [2.24, 2.45) is 15.4 Å². The van der Waals surface area contributed by atoms with Crippen LogP contribution in [0, 0.1) is 5.92 Å². The minimum Gasteiger partial charge on any atom is -0.351 e. The van der Waals surface area contributed by atoms with Gasteiger partial charge in [-0.25, -0.2) is 5.01 Å². The maximum Gasteiger partial charge on any atom is 0.287 e. The number of nitrogens with zero attached hydrogens (tertiary/aromatic N) is 3. The molecule has 0 amide bonds. The summed E-state index contributed by atoms with van der Waals surface area (Å²) in [5, 5.41) is 9.53. The van der Waals surface area contributed by atoms with E-state index in [-0.39, 0.29) is 16.0 Å². The maximum absolute atomic E-state index is 12.8. The van der Waals surface area contributed by atoms with E-state index in [0.717, 1.165) is 32.1 Å². The van der Waals surface area contributed by atoms with E-state index in [0.29, 0.717) is 18.4 Å². The van der Waals surface area contributed by atoms with Crippen LogP contribution in [0.3, 0.4) is 0 Å². The van der Waals surface area contributed by atoms with Gasteiger partial charge in [0.15, 0.2) is 0 Å². The van der Waals surface area contributed by atoms with Crippen molar-refractivity contribution in [2.45, 2.75) is 56.4 Å². The molecule has 0 radical (unpaired) electrons. The predicted molar refractivity (Wildman–Crippen MR) is 105 cm³/mol. The lowest BCUT2D eigenvalue weighted by atomic mass is 9.96. The van der Waals surface area contributed by atoms with Gasteiger partial charge in [-0.2, -0.15) is 13.5 Å². The number of sulfonamides is 1. The summed E-state index contributed by atoms with van der Waals surface area (Å²) >= 11 is 6.08. The molecule has 8 heteroatoms. The van der Waals surface area contributed by atoms with Gasteiger partial charge in [0.05, 0.1) is 11.6 Å². The molecule has 1 N–H and O–H groups in total. The van der Waals surface area contributed by atoms with Gasteiger partial charge in [0.2, 0.25) is 5.96 Å². The van der Waals surface area contributed by atoms with Crippen LogP contribution in [-0.2, 0) is 10.0 Å². The van der Waals surface area contributed by atoms with E-state index in [2.05, 4.69) is 21.7 Å². The fourth-order valence-corrected chi connectivity index (χ4v) is 4.73. The summed E-state index contributed by atoms with van der Waals surface area (Å²) in [4.78, 5) is 0.0137. The van der Waals surface area contributed by atoms with Crippen molar-refractivity contribution in [1.82, 2.24) is 10.3 Å². The maximum atomic E-state index is 12.8. The van der Waals surface area contributed by atoms with E-state index in [1.165, 1.54) is 12.5 Å². The first-order chi connectivity index (χ1) is 12.5. The average Bonchev–Trinajstić information content (AvgIpc) is 3.11. The van der Waals surface area contributed by atoms with E-state index < -0.39 is 10.0 Å². The fourth-order valence-electron chi connectivity index (χ4n) is 3.26. The van der Waals surface area contributed by atoms with Gasteiger partial charge in [0.1, 0.15) is 4.90 Å². The lowest BCUT2D eigenvalue weighted by Crippen LogP contribution is -2.45. The minimum atomic E-state index is -3.92. The molecule has 1 heterocycles. The van der Waals surface area contributed by atoms with Crippen molar-refractivity contribution in [2.75, 3.05) is 6.54 Å². The van der Waals surface area contributed by atoms with E-state index in [4.69, 9.17) is 11.6 Å². The molecule has 0 spiro atoms. The lowest BCUT2D eigenvalue weighted by molar-refractivity contribution is 0.374. The number of hydrogen-bond acceptors (Lipinski definition) is 3. The Hall–Kier alpha value is -1.60. The molecule has 0 bridgehead atoms. The first-order valence-corrected chi connectivity index (χ1v) is 11.0. The molecular weight excluding hydrogens is 372 g/mol. The van der Waals surface area contributed by atoms with Crippen molar-refractivity contribution in [3.05, 3.63) is 29.3 Å². The summed E-state index contributed by atoms with van der Waals surface area (Å²) in [6, 6.07) is 6.59. The van der Waals surface area contributed by atoms with Crippen LogP contribution in [0.15, 0.2) is 38.7 Å². The molecule has 1 aromatic rings. The largest absolute Gasteiger partial charge is 0.351 e. The van der Waals surface area contributed by atoms with Crippen LogP contribution in [0.4, 0.5) is 0 Å². The van der Waals surface area contributed by atoms with Gasteiger partial charge in [-0.15, -0.1) is 4.40 Å². The van der Waals surface area contributed by atoms with Crippen molar-refractivity contribution < 1.29 is 8.42 Å². The van der Waals surface area contributed by atoms with Crippen LogP contribution in [0.5, 0.6) is 0 Å². The minimum absolute atomic E-state index is 0.0137. The summed E-state index contributed by atoms with van der Waals surface area (Å²) in [6.07, 6.45) is 8.35. The molecule has 1 saturated carbocycles. The van der Waals surface area contributed by atoms with E-state index >= 15 is 0 Å². The Balaban J connectivity index is 1.90. The molecule has 6 nitrogen and oxygen atoms in total. The van der Waals surface area contributed by atoms with Crippen molar-refractivity contribution in [3.8, 4) is 0 Å². The zero-order chi connectivity index (χ0) is 18.6. The van der Waals surface area contributed by atoms with Gasteiger partial charge >= 0.3 is 0 Å². The highest BCUT2D eigenvalue weighted by Gasteiger charge is 2.27. The Kier molecular flexibility index (Phi) is 6.19. The Bertz CT molecular complexity index is 788. The molecular formula is C18H25ClN4O2S. The number of guanidine groups is 1. The monoisotopic (exact) mass is 396 g/mol. The van der Waals surface area contributed by atoms with Crippen molar-refractivity contribution in [1.29, 1.82) is 0 Å². The quantitative estimate of drug-likeness (QED) is 0.622. The highest BCUT2D eigenvalue weighted by atomic mass is 35.5. The second kappa shape index (κ2) is 8.39. The normalized spacial score (nSPS) is 22.0. The van der Waals surface area contributed by atoms with Crippen LogP contribution in [0.25, 0.3) is 0 Å². The van der Waals surface area contributed by atoms with Crippen molar-refractivity contribution >= 4 is 33.8 Å². The molecule has 0 saturated heterocycles. The van der Waals surface area contributed by atoms with Crippen LogP contribution < -0.4 is 5.32 Å². The molecule has 1 unspecified atom stereocenters. The Morgan fingerprint density at radius 3 is 2.69 bits per heavy atom. The summed E-state index contributed by atoms with van der Waals surface area (Å²) < 4.78 is 29.7. The Morgan fingerprint density at radius 2 is 2.04 bits per heavy atom. The third-order valence-electron chi connectivity index (χ3n) is 4.85. The zero-order valence-electron chi connectivity index (χ0n) is 14.9. The number of hydrazone groups is 1. The van der Waals surface area contributed by atoms with E-state index in [1.807, 2.05) is 6.21 Å². The van der Waals surface area contributed by atoms with Gasteiger partial charge in [0, 0.05) is 18.2 Å². The Labute approximate surface area is 160 Å². The summed E-state index contributed by atoms with van der Waals surface area (Å²) in [7, 11) is -3.92. The van der Waals surface area contributed by atoms with Gasteiger partial charge in [0.25, 0.3) is 10.0 Å². The first kappa shape index (κ1) is 19.2. The van der Waals surface area contributed by atoms with Crippen molar-refractivity contribution in [3.63, 3.8) is 0 Å². The number of nitrogens with one attached hydrogen (secondary N) is 1. The molecule has 142 valence electrons. The smallest absolute Gasteiger partial charge is 0.287 e. The fraction of sp³-hybridized carbons (Fsp3) is 0.556. The topological polar surface area (TPSA) is 74.1 Å². The molecule has 0 aromatic heterocycles. The molecule has 1 atom stereocenters. The van der Waals surface area contributed by atoms with Crippen LogP contribution in [0.1, 0.15) is 45.4 Å². The molecule has 1 fully saturated rings. The highest BCUT2D eigenvalue weighted by Crippen LogP contribution is 2.24. The molecule has 3 rings (SSSR count). The summed E-state index contributed by atoms with van der Waals surface area (Å²) in [6.45, 7) is 2.72. The zero-order valence-corrected chi connectivity index (χ0v) is 16.5. The van der Waals surface area contributed by atoms with Crippen LogP contribution in [-0.4, -0.2) is 38.2 Å². The first-order valence-electron chi connectivity index (χ1n) is 9.17. The number of halogens is 1. The standard InChI is InChI=1S/C18H25ClN4O2S/c1-2-14-12-20-23(13-14)18(21-15-8-4-3-5-9-15)22-26(24,25)17-11-7-6-10-16(17)19/h6-7,10-12,14-15H,2-5,8-9,13H2,1H3,(H,21,22). The van der Waals surface area contributed by atoms with Gasteiger partial charge < -0.3 is 5.32 Å².